The first-order valence-corrected chi connectivity index (χ1v) is 9.47. The van der Waals surface area contributed by atoms with Crippen LogP contribution in [0, 0.1) is 5.92 Å². The van der Waals surface area contributed by atoms with E-state index < -0.39 is 0 Å². The number of carbonyl (C=O) groups is 2. The third-order valence-electron chi connectivity index (χ3n) is 5.55. The first-order valence-electron chi connectivity index (χ1n) is 9.47. The molecular formula is C21H31NO3. The number of aldehydes is 1. The first-order chi connectivity index (χ1) is 12.0. The maximum atomic E-state index is 11.8. The van der Waals surface area contributed by atoms with Gasteiger partial charge in [0, 0.05) is 0 Å². The quantitative estimate of drug-likeness (QED) is 0.576. The van der Waals surface area contributed by atoms with Gasteiger partial charge in [-0.2, -0.15) is 0 Å². The number of ether oxygens (including phenoxy) is 1. The van der Waals surface area contributed by atoms with E-state index in [2.05, 4.69) is 12.1 Å². The molecule has 0 aliphatic heterocycles. The van der Waals surface area contributed by atoms with Crippen LogP contribution >= 0.6 is 0 Å². The Morgan fingerprint density at radius 1 is 1.32 bits per heavy atom. The fourth-order valence-electron chi connectivity index (χ4n) is 3.69. The average molecular weight is 345 g/mol. The van der Waals surface area contributed by atoms with Gasteiger partial charge in [0.25, 0.3) is 0 Å². The zero-order valence-electron chi connectivity index (χ0n) is 15.5. The van der Waals surface area contributed by atoms with Crippen molar-refractivity contribution in [2.75, 3.05) is 13.2 Å². The van der Waals surface area contributed by atoms with Gasteiger partial charge >= 0.3 is 5.97 Å². The Morgan fingerprint density at radius 3 is 2.48 bits per heavy atom. The zero-order valence-corrected chi connectivity index (χ0v) is 15.5. The van der Waals surface area contributed by atoms with Crippen molar-refractivity contribution in [2.45, 2.75) is 63.7 Å². The number of nitrogens with two attached hydrogens (primary N) is 1. The highest BCUT2D eigenvalue weighted by atomic mass is 16.5. The smallest absolute Gasteiger partial charge is 0.306 e. The van der Waals surface area contributed by atoms with Crippen LogP contribution in [0.2, 0.25) is 0 Å². The van der Waals surface area contributed by atoms with Crippen LogP contribution in [0.25, 0.3) is 0 Å². The molecule has 1 saturated carbocycles. The van der Waals surface area contributed by atoms with E-state index in [1.165, 1.54) is 0 Å². The fraction of sp³-hybridized carbons (Fsp3) is 0.619. The van der Waals surface area contributed by atoms with Crippen LogP contribution in [0.1, 0.15) is 69.4 Å². The Balaban J connectivity index is 2.03. The van der Waals surface area contributed by atoms with Crippen molar-refractivity contribution in [3.63, 3.8) is 0 Å². The van der Waals surface area contributed by atoms with Crippen molar-refractivity contribution in [2.24, 2.45) is 11.7 Å². The highest BCUT2D eigenvalue weighted by Crippen LogP contribution is 2.40. The van der Waals surface area contributed by atoms with Crippen molar-refractivity contribution in [1.29, 1.82) is 0 Å². The van der Waals surface area contributed by atoms with Gasteiger partial charge in [-0.1, -0.05) is 38.1 Å². The molecule has 2 rings (SSSR count). The first kappa shape index (κ1) is 19.6. The van der Waals surface area contributed by atoms with E-state index >= 15 is 0 Å². The second-order valence-electron chi connectivity index (χ2n) is 7.40. The van der Waals surface area contributed by atoms with E-state index in [0.717, 1.165) is 49.5 Å². The molecule has 1 aliphatic rings. The van der Waals surface area contributed by atoms with Gasteiger partial charge in [-0.05, 0) is 61.6 Å². The molecule has 0 radical (unpaired) electrons. The predicted octanol–water partition coefficient (Wildman–Crippen LogP) is 3.72. The van der Waals surface area contributed by atoms with Crippen LogP contribution < -0.4 is 5.73 Å². The maximum absolute atomic E-state index is 11.8. The summed E-state index contributed by atoms with van der Waals surface area (Å²) in [5.41, 5.74) is 7.59. The molecule has 1 atom stereocenters. The summed E-state index contributed by atoms with van der Waals surface area (Å²) in [5.74, 6) is 0.503. The SMILES string of the molecule is CCCOC(=O)CC(C)c1ccc(C2(C=O)CCC(CN)CC2)cc1. The molecule has 1 unspecified atom stereocenters. The lowest BCUT2D eigenvalue weighted by Crippen LogP contribution is -2.35. The summed E-state index contributed by atoms with van der Waals surface area (Å²) in [4.78, 5) is 23.6. The summed E-state index contributed by atoms with van der Waals surface area (Å²) in [7, 11) is 0. The van der Waals surface area contributed by atoms with Crippen molar-refractivity contribution in [1.82, 2.24) is 0 Å². The van der Waals surface area contributed by atoms with Crippen molar-refractivity contribution >= 4 is 12.3 Å². The minimum Gasteiger partial charge on any atom is -0.466 e. The van der Waals surface area contributed by atoms with Crippen LogP contribution in [0.3, 0.4) is 0 Å². The molecule has 2 N–H and O–H groups in total. The van der Waals surface area contributed by atoms with Crippen LogP contribution in [0.5, 0.6) is 0 Å². The third-order valence-corrected chi connectivity index (χ3v) is 5.55. The van der Waals surface area contributed by atoms with E-state index in [4.69, 9.17) is 10.5 Å². The lowest BCUT2D eigenvalue weighted by atomic mass is 9.67. The van der Waals surface area contributed by atoms with Gasteiger partial charge in [-0.15, -0.1) is 0 Å². The molecule has 4 nitrogen and oxygen atoms in total. The van der Waals surface area contributed by atoms with E-state index in [1.54, 1.807) is 0 Å². The maximum Gasteiger partial charge on any atom is 0.306 e. The second-order valence-corrected chi connectivity index (χ2v) is 7.40. The zero-order chi connectivity index (χ0) is 18.3. The van der Waals surface area contributed by atoms with Crippen LogP contribution in [-0.4, -0.2) is 25.4 Å². The Kier molecular flexibility index (Phi) is 7.18. The summed E-state index contributed by atoms with van der Waals surface area (Å²) < 4.78 is 5.16. The van der Waals surface area contributed by atoms with Gasteiger partial charge in [0.05, 0.1) is 18.4 Å². The minimum atomic E-state index is -0.368. The van der Waals surface area contributed by atoms with E-state index in [-0.39, 0.29) is 17.3 Å². The number of esters is 1. The van der Waals surface area contributed by atoms with Crippen LogP contribution in [0.4, 0.5) is 0 Å². The highest BCUT2D eigenvalue weighted by molar-refractivity contribution is 5.71. The summed E-state index contributed by atoms with van der Waals surface area (Å²) in [6.07, 6.45) is 6.12. The largest absolute Gasteiger partial charge is 0.466 e. The summed E-state index contributed by atoms with van der Waals surface area (Å²) in [5, 5.41) is 0. The number of rotatable bonds is 8. The van der Waals surface area contributed by atoms with Crippen molar-refractivity contribution in [3.05, 3.63) is 35.4 Å². The van der Waals surface area contributed by atoms with Gasteiger partial charge in [0.2, 0.25) is 0 Å². The van der Waals surface area contributed by atoms with Gasteiger partial charge in [0.1, 0.15) is 6.29 Å². The number of hydrogen-bond acceptors (Lipinski definition) is 4. The molecule has 1 aromatic carbocycles. The number of hydrogen-bond donors (Lipinski definition) is 1. The van der Waals surface area contributed by atoms with Gasteiger partial charge < -0.3 is 15.3 Å². The number of benzene rings is 1. The fourth-order valence-corrected chi connectivity index (χ4v) is 3.69. The van der Waals surface area contributed by atoms with Gasteiger partial charge in [-0.3, -0.25) is 4.79 Å². The van der Waals surface area contributed by atoms with Crippen LogP contribution in [-0.2, 0) is 19.7 Å². The minimum absolute atomic E-state index is 0.110. The van der Waals surface area contributed by atoms with E-state index in [0.29, 0.717) is 25.5 Å². The highest BCUT2D eigenvalue weighted by Gasteiger charge is 2.36. The molecule has 4 heteroatoms. The van der Waals surface area contributed by atoms with Crippen molar-refractivity contribution < 1.29 is 14.3 Å². The summed E-state index contributed by atoms with van der Waals surface area (Å²) >= 11 is 0. The molecule has 0 spiro atoms. The molecular weight excluding hydrogens is 314 g/mol. The molecule has 25 heavy (non-hydrogen) atoms. The summed E-state index contributed by atoms with van der Waals surface area (Å²) in [6, 6.07) is 8.21. The van der Waals surface area contributed by atoms with E-state index in [9.17, 15) is 9.59 Å². The van der Waals surface area contributed by atoms with Crippen molar-refractivity contribution in [3.8, 4) is 0 Å². The Morgan fingerprint density at radius 2 is 1.96 bits per heavy atom. The Bertz CT molecular complexity index is 559. The molecule has 1 fully saturated rings. The second kappa shape index (κ2) is 9.14. The monoisotopic (exact) mass is 345 g/mol. The third kappa shape index (κ3) is 4.91. The lowest BCUT2D eigenvalue weighted by molar-refractivity contribution is -0.144. The molecule has 0 heterocycles. The average Bonchev–Trinajstić information content (AvgIpc) is 2.66. The molecule has 138 valence electrons. The molecule has 1 aromatic rings. The lowest BCUT2D eigenvalue weighted by Gasteiger charge is -2.36. The van der Waals surface area contributed by atoms with Gasteiger partial charge in [0.15, 0.2) is 0 Å². The Hall–Kier alpha value is -1.68. The molecule has 1 aliphatic carbocycles. The topological polar surface area (TPSA) is 69.4 Å². The molecule has 0 amide bonds. The number of carbonyl (C=O) groups excluding carboxylic acids is 2. The van der Waals surface area contributed by atoms with Gasteiger partial charge in [-0.25, -0.2) is 0 Å². The predicted molar refractivity (Wildman–Crippen MR) is 99.5 cm³/mol. The van der Waals surface area contributed by atoms with Crippen LogP contribution in [0.15, 0.2) is 24.3 Å². The Labute approximate surface area is 151 Å². The normalized spacial score (nSPS) is 24.5. The molecule has 0 aromatic heterocycles. The standard InChI is InChI=1S/C21H31NO3/c1-3-12-25-20(24)13-16(2)18-4-6-19(7-5-18)21(15-23)10-8-17(14-22)9-11-21/h4-7,15-17H,3,8-14,22H2,1-2H3. The summed E-state index contributed by atoms with van der Waals surface area (Å²) in [6.45, 7) is 5.21. The molecule has 0 saturated heterocycles. The molecule has 0 bridgehead atoms. The van der Waals surface area contributed by atoms with E-state index in [1.807, 2.05) is 26.0 Å².